The van der Waals surface area contributed by atoms with Gasteiger partial charge in [-0.2, -0.15) is 0 Å². The molecule has 0 aromatic heterocycles. The van der Waals surface area contributed by atoms with E-state index in [-0.39, 0.29) is 0 Å². The molecule has 0 fully saturated rings. The fourth-order valence-corrected chi connectivity index (χ4v) is 0. The Labute approximate surface area is 39.9 Å². The zero-order valence-electron chi connectivity index (χ0n) is 4.96. The highest BCUT2D eigenvalue weighted by atomic mass is 19.1. The van der Waals surface area contributed by atoms with Crippen LogP contribution in [0.5, 0.6) is 0 Å². The third-order valence-electron chi connectivity index (χ3n) is 0. The molecule has 0 rings (SSSR count). The minimum Gasteiger partial charge on any atom is -0.337 e. The van der Waals surface area contributed by atoms with Crippen LogP contribution in [0.15, 0.2) is 0 Å². The lowest BCUT2D eigenvalue weighted by molar-refractivity contribution is 0.847. The molecule has 0 amide bonds. The number of hydrogen-bond acceptors (Lipinski definition) is 0. The highest BCUT2D eigenvalue weighted by Gasteiger charge is 1.85. The van der Waals surface area contributed by atoms with Crippen molar-refractivity contribution in [3.63, 3.8) is 0 Å². The van der Waals surface area contributed by atoms with Crippen LogP contribution >= 0.6 is 0 Å². The summed E-state index contributed by atoms with van der Waals surface area (Å²) in [6.07, 6.45) is 0. The van der Waals surface area contributed by atoms with E-state index in [0.29, 0.717) is 0 Å². The third kappa shape index (κ3) is 1400000. The summed E-state index contributed by atoms with van der Waals surface area (Å²) in [4.78, 5) is 0. The Hall–Kier alpha value is -0.00506. The molecular weight excluding hydrogens is 77.9 g/mol. The lowest BCUT2D eigenvalue weighted by Gasteiger charge is -1.66. The second-order valence-corrected chi connectivity index (χ2v) is 1.01. The molecule has 0 spiro atoms. The number of rotatable bonds is 0. The van der Waals surface area contributed by atoms with Crippen LogP contribution in [0.25, 0.3) is 0 Å². The molecule has 0 saturated heterocycles. The smallest absolute Gasteiger partial charge is 0.337 e. The van der Waals surface area contributed by atoms with Crippen molar-refractivity contribution < 1.29 is 4.32 Å². The molecule has 0 radical (unpaired) electrons. The van der Waals surface area contributed by atoms with E-state index < -0.39 is 6.99 Å². The van der Waals surface area contributed by atoms with Crippen LogP contribution in [0.4, 0.5) is 4.32 Å². The van der Waals surface area contributed by atoms with E-state index >= 15 is 0 Å². The zero-order chi connectivity index (χ0) is 5.58. The first-order valence-electron chi connectivity index (χ1n) is 2.37. The largest absolute Gasteiger partial charge is 0.342 e. The van der Waals surface area contributed by atoms with Crippen molar-refractivity contribution in [2.75, 3.05) is 0 Å². The molecule has 0 nitrogen and oxygen atoms in total. The summed E-state index contributed by atoms with van der Waals surface area (Å²) in [5.74, 6) is 0. The number of halogens is 1. The average Bonchev–Trinajstić information content (AvgIpc) is 1.41. The average molecular weight is 90.0 g/mol. The Morgan fingerprint density at radius 3 is 1.17 bits per heavy atom. The molecule has 0 heterocycles. The van der Waals surface area contributed by atoms with Gasteiger partial charge in [-0.3, -0.25) is 0 Å². The minimum absolute atomic E-state index is 0.667. The molecule has 38 valence electrons. The Balaban J connectivity index is 0. The summed E-state index contributed by atoms with van der Waals surface area (Å²) >= 11 is 0. The van der Waals surface area contributed by atoms with Crippen LogP contribution < -0.4 is 0 Å². The predicted octanol–water partition coefficient (Wildman–Crippen LogP) is 2.23. The lowest BCUT2D eigenvalue weighted by atomic mass is 9.80. The van der Waals surface area contributed by atoms with E-state index in [4.69, 9.17) is 0 Å². The third-order valence-corrected chi connectivity index (χ3v) is 0. The van der Waals surface area contributed by atoms with E-state index in [0.717, 1.165) is 0 Å². The van der Waals surface area contributed by atoms with Crippen molar-refractivity contribution >= 4 is 6.99 Å². The Morgan fingerprint density at radius 1 is 1.17 bits per heavy atom. The maximum Gasteiger partial charge on any atom is 0.342 e. The summed E-state index contributed by atoms with van der Waals surface area (Å²) in [5.41, 5.74) is 0. The van der Waals surface area contributed by atoms with Gasteiger partial charge in [-0.25, -0.2) is 0 Å². The van der Waals surface area contributed by atoms with Crippen molar-refractivity contribution in [1.82, 2.24) is 0 Å². The predicted molar refractivity (Wildman–Crippen MR) is 29.9 cm³/mol. The van der Waals surface area contributed by atoms with E-state index in [1.165, 1.54) is 13.6 Å². The summed E-state index contributed by atoms with van der Waals surface area (Å²) in [7, 11) is 0. The first kappa shape index (κ1) is 9.37. The molecule has 0 atom stereocenters. The molecule has 0 saturated carbocycles. The van der Waals surface area contributed by atoms with E-state index in [1.54, 1.807) is 0 Å². The van der Waals surface area contributed by atoms with Crippen LogP contribution in [0, 0.1) is 0 Å². The molecule has 0 aliphatic carbocycles. The van der Waals surface area contributed by atoms with Gasteiger partial charge in [-0.05, 0) is 0 Å². The van der Waals surface area contributed by atoms with Gasteiger partial charge in [0, 0.05) is 0 Å². The van der Waals surface area contributed by atoms with Crippen molar-refractivity contribution in [3.8, 4) is 0 Å². The summed E-state index contributed by atoms with van der Waals surface area (Å²) in [6.45, 7) is 6.33. The highest BCUT2D eigenvalue weighted by Crippen LogP contribution is 1.72. The molecule has 0 aromatic rings. The van der Waals surface area contributed by atoms with Gasteiger partial charge in [0.2, 0.25) is 0 Å². The Kier molecular flexibility index (Phi) is 13.9. The van der Waals surface area contributed by atoms with Crippen LogP contribution in [0.2, 0.25) is 13.6 Å². The topological polar surface area (TPSA) is 0 Å². The van der Waals surface area contributed by atoms with Gasteiger partial charge >= 0.3 is 6.99 Å². The van der Waals surface area contributed by atoms with Gasteiger partial charge in [0.1, 0.15) is 0 Å². The summed E-state index contributed by atoms with van der Waals surface area (Å²) in [5, 5.41) is 0. The fourth-order valence-electron chi connectivity index (χ4n) is 0. The highest BCUT2D eigenvalue weighted by molar-refractivity contribution is 6.47. The minimum atomic E-state index is -0.667. The fraction of sp³-hybridized carbons (Fsp3) is 1.00. The van der Waals surface area contributed by atoms with E-state index in [9.17, 15) is 4.32 Å². The van der Waals surface area contributed by atoms with Gasteiger partial charge in [0.05, 0.1) is 0 Å². The van der Waals surface area contributed by atoms with Crippen molar-refractivity contribution in [2.24, 2.45) is 0 Å². The summed E-state index contributed by atoms with van der Waals surface area (Å²) < 4.78 is 11.0. The maximum atomic E-state index is 11.0. The normalized spacial score (nSPS) is 5.50. The van der Waals surface area contributed by atoms with Gasteiger partial charge < -0.3 is 4.32 Å². The van der Waals surface area contributed by atoms with E-state index in [1.807, 2.05) is 13.8 Å². The monoisotopic (exact) mass is 90.1 g/mol. The van der Waals surface area contributed by atoms with Gasteiger partial charge in [0.15, 0.2) is 0 Å². The van der Waals surface area contributed by atoms with Crippen molar-refractivity contribution in [1.29, 1.82) is 0 Å². The van der Waals surface area contributed by atoms with Crippen LogP contribution in [0.3, 0.4) is 0 Å². The molecule has 0 N–H and O–H groups in total. The van der Waals surface area contributed by atoms with Crippen LogP contribution in [0.1, 0.15) is 13.8 Å². The first-order chi connectivity index (χ1) is 2.73. The van der Waals surface area contributed by atoms with Crippen molar-refractivity contribution in [3.05, 3.63) is 0 Å². The first-order valence-corrected chi connectivity index (χ1v) is 2.37. The van der Waals surface area contributed by atoms with Crippen LogP contribution in [-0.2, 0) is 0 Å². The van der Waals surface area contributed by atoms with E-state index in [2.05, 4.69) is 0 Å². The molecule has 0 unspecified atom stereocenters. The van der Waals surface area contributed by atoms with Gasteiger partial charge in [-0.15, -0.1) is 0 Å². The quantitative estimate of drug-likeness (QED) is 0.400. The standard InChI is InChI=1S/C2H6BF.C2H6/c1-3(2)4;1-2/h1-2H3;1-2H3. The second-order valence-electron chi connectivity index (χ2n) is 1.01. The molecule has 2 heteroatoms. The molecule has 0 aliphatic heterocycles. The van der Waals surface area contributed by atoms with Crippen molar-refractivity contribution in [2.45, 2.75) is 27.5 Å². The van der Waals surface area contributed by atoms with Crippen LogP contribution in [-0.4, -0.2) is 6.99 Å². The summed E-state index contributed by atoms with van der Waals surface area (Å²) in [6, 6.07) is 0. The second kappa shape index (κ2) is 8.89. The molecule has 0 aliphatic rings. The zero-order valence-corrected chi connectivity index (χ0v) is 4.96. The molecule has 6 heavy (non-hydrogen) atoms. The maximum absolute atomic E-state index is 11.0. The van der Waals surface area contributed by atoms with Gasteiger partial charge in [0.25, 0.3) is 0 Å². The number of hydrogen-bond donors (Lipinski definition) is 0. The Bertz CT molecular complexity index is 12.3. The molecular formula is C4H12BF. The Morgan fingerprint density at radius 2 is 1.17 bits per heavy atom. The lowest BCUT2D eigenvalue weighted by Crippen LogP contribution is -1.81. The molecule has 0 aromatic carbocycles. The van der Waals surface area contributed by atoms with Gasteiger partial charge in [-0.1, -0.05) is 27.5 Å². The molecule has 0 bridgehead atoms. The SMILES string of the molecule is CB(C)F.CC.